The summed E-state index contributed by atoms with van der Waals surface area (Å²) in [6.07, 6.45) is 1.58. The van der Waals surface area contributed by atoms with E-state index in [1.165, 1.54) is 23.9 Å². The molecule has 0 radical (unpaired) electrons. The topological polar surface area (TPSA) is 104 Å². The predicted octanol–water partition coefficient (Wildman–Crippen LogP) is 4.40. The Hall–Kier alpha value is -3.07. The van der Waals surface area contributed by atoms with Crippen molar-refractivity contribution in [2.45, 2.75) is 12.1 Å². The Kier molecular flexibility index (Phi) is 5.14. The zero-order valence-corrected chi connectivity index (χ0v) is 13.9. The molecule has 0 spiro atoms. The van der Waals surface area contributed by atoms with Crippen LogP contribution in [0, 0.1) is 10.1 Å². The van der Waals surface area contributed by atoms with Crippen LogP contribution < -0.4 is 4.74 Å². The van der Waals surface area contributed by atoms with Gasteiger partial charge in [0.15, 0.2) is 0 Å². The van der Waals surface area contributed by atoms with Crippen molar-refractivity contribution >= 4 is 23.7 Å². The van der Waals surface area contributed by atoms with Gasteiger partial charge >= 0.3 is 5.88 Å². The third-order valence-electron chi connectivity index (χ3n) is 3.01. The number of nitro groups is 1. The second kappa shape index (κ2) is 7.67. The lowest BCUT2D eigenvalue weighted by atomic mass is 10.2. The first-order chi connectivity index (χ1) is 12.2. The van der Waals surface area contributed by atoms with E-state index in [0.29, 0.717) is 23.5 Å². The molecule has 0 N–H and O–H groups in total. The van der Waals surface area contributed by atoms with Gasteiger partial charge in [-0.25, -0.2) is 0 Å². The van der Waals surface area contributed by atoms with Crippen LogP contribution in [0.4, 0.5) is 5.88 Å². The number of nitrogens with zero attached hydrogens (tertiary/aromatic N) is 3. The van der Waals surface area contributed by atoms with Gasteiger partial charge in [0.2, 0.25) is 5.89 Å². The first-order valence-electron chi connectivity index (χ1n) is 7.30. The summed E-state index contributed by atoms with van der Waals surface area (Å²) in [5.74, 6) is 1.23. The van der Waals surface area contributed by atoms with Gasteiger partial charge in [0, 0.05) is 5.56 Å². The maximum atomic E-state index is 10.5. The number of aromatic nitrogens is 2. The van der Waals surface area contributed by atoms with Crippen LogP contribution in [0.2, 0.25) is 0 Å². The molecule has 0 saturated heterocycles. The van der Waals surface area contributed by atoms with Gasteiger partial charge in [0.05, 0.1) is 12.7 Å². The smallest absolute Gasteiger partial charge is 0.433 e. The van der Waals surface area contributed by atoms with E-state index < -0.39 is 4.92 Å². The maximum Gasteiger partial charge on any atom is 0.433 e. The highest BCUT2D eigenvalue weighted by Gasteiger charge is 2.11. The minimum atomic E-state index is -0.592. The molecule has 0 fully saturated rings. The largest absolute Gasteiger partial charge is 0.494 e. The molecule has 0 unspecified atom stereocenters. The van der Waals surface area contributed by atoms with Crippen LogP contribution in [0.1, 0.15) is 12.7 Å². The zero-order valence-electron chi connectivity index (χ0n) is 13.1. The fourth-order valence-corrected chi connectivity index (χ4v) is 2.46. The molecule has 0 aliphatic heterocycles. The molecule has 1 aromatic carbocycles. The number of rotatable bonds is 7. The molecule has 0 bridgehead atoms. The Bertz CT molecular complexity index is 885. The van der Waals surface area contributed by atoms with Crippen molar-refractivity contribution in [3.05, 3.63) is 57.7 Å². The van der Waals surface area contributed by atoms with E-state index in [-0.39, 0.29) is 5.88 Å². The predicted molar refractivity (Wildman–Crippen MR) is 91.2 cm³/mol. The van der Waals surface area contributed by atoms with Gasteiger partial charge in [-0.3, -0.25) is 10.1 Å². The Balaban J connectivity index is 1.62. The maximum absolute atomic E-state index is 10.5. The van der Waals surface area contributed by atoms with E-state index in [1.807, 2.05) is 31.2 Å². The molecule has 0 atom stereocenters. The second-order valence-corrected chi connectivity index (χ2v) is 5.54. The number of ether oxygens (including phenoxy) is 1. The standard InChI is InChI=1S/C16H13N3O5S/c1-2-22-12-5-3-11(4-6-12)15-17-18-16(24-15)25-10-9-13-7-8-14(23-13)19(20)21/h3-10H,2H2,1H3/b10-9+. The summed E-state index contributed by atoms with van der Waals surface area (Å²) < 4.78 is 16.0. The molecule has 0 amide bonds. The number of benzene rings is 1. The lowest BCUT2D eigenvalue weighted by Gasteiger charge is -2.02. The fourth-order valence-electron chi connectivity index (χ4n) is 1.92. The highest BCUT2D eigenvalue weighted by atomic mass is 32.2. The summed E-state index contributed by atoms with van der Waals surface area (Å²) in [6.45, 7) is 2.52. The van der Waals surface area contributed by atoms with E-state index >= 15 is 0 Å². The highest BCUT2D eigenvalue weighted by molar-refractivity contribution is 8.02. The molecule has 0 saturated carbocycles. The molecule has 9 heteroatoms. The summed E-state index contributed by atoms with van der Waals surface area (Å²) in [7, 11) is 0. The molecule has 0 aliphatic carbocycles. The van der Waals surface area contributed by atoms with E-state index in [2.05, 4.69) is 10.2 Å². The first-order valence-corrected chi connectivity index (χ1v) is 8.18. The molecular weight excluding hydrogens is 346 g/mol. The lowest BCUT2D eigenvalue weighted by molar-refractivity contribution is -0.402. The summed E-state index contributed by atoms with van der Waals surface area (Å²) in [6, 6.07) is 10.1. The van der Waals surface area contributed by atoms with Crippen LogP contribution in [-0.2, 0) is 0 Å². The number of hydrogen-bond acceptors (Lipinski definition) is 8. The van der Waals surface area contributed by atoms with Gasteiger partial charge in [-0.1, -0.05) is 0 Å². The highest BCUT2D eigenvalue weighted by Crippen LogP contribution is 2.26. The van der Waals surface area contributed by atoms with Gasteiger partial charge < -0.3 is 13.6 Å². The average Bonchev–Trinajstić information content (AvgIpc) is 3.26. The van der Waals surface area contributed by atoms with Crippen molar-refractivity contribution in [1.29, 1.82) is 0 Å². The van der Waals surface area contributed by atoms with Gasteiger partial charge in [-0.2, -0.15) is 0 Å². The summed E-state index contributed by atoms with van der Waals surface area (Å²) in [4.78, 5) is 9.95. The SMILES string of the molecule is CCOc1ccc(-c2nnc(S/C=C/c3ccc([N+](=O)[O-])o3)o2)cc1. The minimum Gasteiger partial charge on any atom is -0.494 e. The van der Waals surface area contributed by atoms with Crippen molar-refractivity contribution in [2.75, 3.05) is 6.61 Å². The summed E-state index contributed by atoms with van der Waals surface area (Å²) in [5, 5.41) is 20.5. The molecule has 0 aliphatic rings. The Labute approximate surface area is 146 Å². The Morgan fingerprint density at radius 3 is 2.68 bits per heavy atom. The normalized spacial score (nSPS) is 11.1. The van der Waals surface area contributed by atoms with E-state index in [0.717, 1.165) is 11.3 Å². The molecule has 3 rings (SSSR count). The molecule has 2 heterocycles. The van der Waals surface area contributed by atoms with Crippen LogP contribution in [-0.4, -0.2) is 21.7 Å². The van der Waals surface area contributed by atoms with Crippen molar-refractivity contribution in [3.63, 3.8) is 0 Å². The molecule has 3 aromatic rings. The van der Waals surface area contributed by atoms with Crippen molar-refractivity contribution in [3.8, 4) is 17.2 Å². The van der Waals surface area contributed by atoms with Gasteiger partial charge in [-0.05, 0) is 60.5 Å². The third kappa shape index (κ3) is 4.27. The van der Waals surface area contributed by atoms with Gasteiger partial charge in [0.1, 0.15) is 16.4 Å². The van der Waals surface area contributed by atoms with Crippen LogP contribution in [0.25, 0.3) is 17.5 Å². The lowest BCUT2D eigenvalue weighted by Crippen LogP contribution is -1.90. The number of hydrogen-bond donors (Lipinski definition) is 0. The molecule has 2 aromatic heterocycles. The fraction of sp³-hybridized carbons (Fsp3) is 0.125. The van der Waals surface area contributed by atoms with E-state index in [1.54, 1.807) is 11.5 Å². The van der Waals surface area contributed by atoms with Crippen LogP contribution in [0.5, 0.6) is 5.75 Å². The first kappa shape index (κ1) is 16.8. The molecular formula is C16H13N3O5S. The van der Waals surface area contributed by atoms with Crippen molar-refractivity contribution in [2.24, 2.45) is 0 Å². The Morgan fingerprint density at radius 2 is 2.00 bits per heavy atom. The van der Waals surface area contributed by atoms with Crippen molar-refractivity contribution in [1.82, 2.24) is 10.2 Å². The monoisotopic (exact) mass is 359 g/mol. The van der Waals surface area contributed by atoms with Crippen LogP contribution in [0.3, 0.4) is 0 Å². The quantitative estimate of drug-likeness (QED) is 0.347. The number of furan rings is 1. The molecule has 8 nitrogen and oxygen atoms in total. The van der Waals surface area contributed by atoms with E-state index in [9.17, 15) is 10.1 Å². The molecule has 128 valence electrons. The Morgan fingerprint density at radius 1 is 1.20 bits per heavy atom. The van der Waals surface area contributed by atoms with Crippen molar-refractivity contribution < 1.29 is 18.5 Å². The van der Waals surface area contributed by atoms with E-state index in [4.69, 9.17) is 13.6 Å². The van der Waals surface area contributed by atoms with Gasteiger partial charge in [-0.15, -0.1) is 10.2 Å². The summed E-state index contributed by atoms with van der Waals surface area (Å²) >= 11 is 1.18. The summed E-state index contributed by atoms with van der Waals surface area (Å²) in [5.41, 5.74) is 0.786. The van der Waals surface area contributed by atoms with Gasteiger partial charge in [0.25, 0.3) is 5.22 Å². The second-order valence-electron chi connectivity index (χ2n) is 4.68. The average molecular weight is 359 g/mol. The zero-order chi connectivity index (χ0) is 17.6. The minimum absolute atomic E-state index is 0.305. The molecule has 25 heavy (non-hydrogen) atoms. The van der Waals surface area contributed by atoms with Crippen LogP contribution in [0.15, 0.2) is 55.9 Å². The third-order valence-corrected chi connectivity index (χ3v) is 3.65. The number of thioether (sulfide) groups is 1. The van der Waals surface area contributed by atoms with Crippen LogP contribution >= 0.6 is 11.8 Å².